The van der Waals surface area contributed by atoms with Gasteiger partial charge in [-0.15, -0.1) is 0 Å². The number of aromatic nitrogens is 4. The van der Waals surface area contributed by atoms with E-state index in [1.807, 2.05) is 31.2 Å². The first-order valence-corrected chi connectivity index (χ1v) is 6.32. The number of pyridine rings is 1. The van der Waals surface area contributed by atoms with Gasteiger partial charge in [-0.2, -0.15) is 5.10 Å². The van der Waals surface area contributed by atoms with Crippen molar-refractivity contribution in [1.82, 2.24) is 20.2 Å². The molecule has 0 bridgehead atoms. The van der Waals surface area contributed by atoms with Crippen LogP contribution in [0, 0.1) is 0 Å². The molecule has 1 aromatic carbocycles. The minimum Gasteiger partial charge on any atom is -0.497 e. The van der Waals surface area contributed by atoms with Crippen LogP contribution in [0.15, 0.2) is 36.8 Å². The van der Waals surface area contributed by atoms with Gasteiger partial charge in [0.2, 0.25) is 0 Å². The van der Waals surface area contributed by atoms with Crippen LogP contribution < -0.4 is 10.1 Å². The van der Waals surface area contributed by atoms with Gasteiger partial charge in [-0.05, 0) is 36.6 Å². The molecule has 1 atom stereocenters. The van der Waals surface area contributed by atoms with Gasteiger partial charge in [-0.25, -0.2) is 9.97 Å². The van der Waals surface area contributed by atoms with Crippen molar-refractivity contribution >= 4 is 16.6 Å². The summed E-state index contributed by atoms with van der Waals surface area (Å²) >= 11 is 0. The number of ether oxygens (including phenoxy) is 1. The normalized spacial score (nSPS) is 12.3. The number of anilines is 1. The lowest BCUT2D eigenvalue weighted by Gasteiger charge is -2.14. The van der Waals surface area contributed by atoms with E-state index in [1.165, 1.54) is 6.33 Å². The summed E-state index contributed by atoms with van der Waals surface area (Å²) in [6, 6.07) is 7.87. The van der Waals surface area contributed by atoms with Crippen LogP contribution in [0.4, 0.5) is 5.82 Å². The summed E-state index contributed by atoms with van der Waals surface area (Å²) in [6.45, 7) is 2.00. The summed E-state index contributed by atoms with van der Waals surface area (Å²) in [5, 5.41) is 12.2. The summed E-state index contributed by atoms with van der Waals surface area (Å²) in [4.78, 5) is 8.54. The highest BCUT2D eigenvalue weighted by atomic mass is 16.5. The smallest absolute Gasteiger partial charge is 0.146 e. The SMILES string of the molecule is COc1ccc2c(NC(C)c3ncn[nH]3)nccc2c1. The maximum atomic E-state index is 5.24. The van der Waals surface area contributed by atoms with Crippen LogP contribution in [-0.4, -0.2) is 27.3 Å². The highest BCUT2D eigenvalue weighted by molar-refractivity contribution is 5.92. The Bertz CT molecular complexity index is 711. The highest BCUT2D eigenvalue weighted by Crippen LogP contribution is 2.27. The van der Waals surface area contributed by atoms with Crippen LogP contribution in [0.3, 0.4) is 0 Å². The van der Waals surface area contributed by atoms with E-state index in [0.717, 1.165) is 28.2 Å². The van der Waals surface area contributed by atoms with E-state index in [1.54, 1.807) is 13.3 Å². The third-order valence-electron chi connectivity index (χ3n) is 3.17. The molecule has 2 aromatic heterocycles. The third kappa shape index (κ3) is 2.27. The lowest BCUT2D eigenvalue weighted by molar-refractivity contribution is 0.415. The Labute approximate surface area is 116 Å². The molecule has 0 saturated heterocycles. The average Bonchev–Trinajstić information content (AvgIpc) is 3.01. The third-order valence-corrected chi connectivity index (χ3v) is 3.17. The van der Waals surface area contributed by atoms with Gasteiger partial charge >= 0.3 is 0 Å². The number of nitrogens with one attached hydrogen (secondary N) is 2. The Balaban J connectivity index is 1.95. The maximum absolute atomic E-state index is 5.24. The van der Waals surface area contributed by atoms with Crippen molar-refractivity contribution in [2.24, 2.45) is 0 Å². The lowest BCUT2D eigenvalue weighted by Crippen LogP contribution is -2.09. The number of benzene rings is 1. The van der Waals surface area contributed by atoms with E-state index in [2.05, 4.69) is 25.5 Å². The second-order valence-corrected chi connectivity index (χ2v) is 4.48. The number of hydrogen-bond donors (Lipinski definition) is 2. The van der Waals surface area contributed by atoms with E-state index in [9.17, 15) is 0 Å². The minimum atomic E-state index is -0.00213. The molecule has 0 saturated carbocycles. The molecule has 0 aliphatic rings. The molecule has 0 fully saturated rings. The molecular formula is C14H15N5O. The van der Waals surface area contributed by atoms with Gasteiger partial charge in [0.25, 0.3) is 0 Å². The van der Waals surface area contributed by atoms with Gasteiger partial charge in [0.05, 0.1) is 13.2 Å². The van der Waals surface area contributed by atoms with Crippen LogP contribution in [-0.2, 0) is 0 Å². The van der Waals surface area contributed by atoms with Gasteiger partial charge < -0.3 is 10.1 Å². The Morgan fingerprint density at radius 3 is 2.90 bits per heavy atom. The van der Waals surface area contributed by atoms with Crippen molar-refractivity contribution in [2.75, 3.05) is 12.4 Å². The summed E-state index contributed by atoms with van der Waals surface area (Å²) in [7, 11) is 1.66. The topological polar surface area (TPSA) is 75.7 Å². The first-order valence-electron chi connectivity index (χ1n) is 6.32. The molecule has 0 amide bonds. The summed E-state index contributed by atoms with van der Waals surface area (Å²) in [5.74, 6) is 2.42. The fourth-order valence-electron chi connectivity index (χ4n) is 2.09. The molecule has 0 radical (unpaired) electrons. The standard InChI is InChI=1S/C14H15N5O/c1-9(13-16-8-17-19-13)18-14-12-4-3-11(20-2)7-10(12)5-6-15-14/h3-9H,1-2H3,(H,15,18)(H,16,17,19). The van der Waals surface area contributed by atoms with Crippen LogP contribution >= 0.6 is 0 Å². The molecule has 1 unspecified atom stereocenters. The predicted molar refractivity (Wildman–Crippen MR) is 76.7 cm³/mol. The summed E-state index contributed by atoms with van der Waals surface area (Å²) in [6.07, 6.45) is 3.27. The number of rotatable bonds is 4. The average molecular weight is 269 g/mol. The van der Waals surface area contributed by atoms with E-state index in [4.69, 9.17) is 4.74 Å². The monoisotopic (exact) mass is 269 g/mol. The molecule has 3 aromatic rings. The molecule has 2 N–H and O–H groups in total. The molecule has 3 rings (SSSR count). The number of nitrogens with zero attached hydrogens (tertiary/aromatic N) is 3. The molecule has 0 spiro atoms. The minimum absolute atomic E-state index is 0.00213. The first kappa shape index (κ1) is 12.4. The molecule has 102 valence electrons. The zero-order valence-electron chi connectivity index (χ0n) is 11.3. The Morgan fingerprint density at radius 2 is 2.15 bits per heavy atom. The van der Waals surface area contributed by atoms with Gasteiger partial charge in [-0.1, -0.05) is 0 Å². The first-order chi connectivity index (χ1) is 9.78. The van der Waals surface area contributed by atoms with Crippen LogP contribution in [0.25, 0.3) is 10.8 Å². The fourth-order valence-corrected chi connectivity index (χ4v) is 2.09. The number of H-pyrrole nitrogens is 1. The fraction of sp³-hybridized carbons (Fsp3) is 0.214. The van der Waals surface area contributed by atoms with Gasteiger partial charge in [0.15, 0.2) is 0 Å². The van der Waals surface area contributed by atoms with Crippen LogP contribution in [0.5, 0.6) is 5.75 Å². The second-order valence-electron chi connectivity index (χ2n) is 4.48. The Hall–Kier alpha value is -2.63. The summed E-state index contributed by atoms with van der Waals surface area (Å²) in [5.41, 5.74) is 0. The number of aromatic amines is 1. The number of fused-ring (bicyclic) bond motifs is 1. The predicted octanol–water partition coefficient (Wildman–Crippen LogP) is 2.53. The van der Waals surface area contributed by atoms with Gasteiger partial charge in [-0.3, -0.25) is 5.10 Å². The molecular weight excluding hydrogens is 254 g/mol. The number of hydrogen-bond acceptors (Lipinski definition) is 5. The summed E-state index contributed by atoms with van der Waals surface area (Å²) < 4.78 is 5.24. The van der Waals surface area contributed by atoms with Crippen molar-refractivity contribution in [1.29, 1.82) is 0 Å². The highest BCUT2D eigenvalue weighted by Gasteiger charge is 2.11. The quantitative estimate of drug-likeness (QED) is 0.761. The van der Waals surface area contributed by atoms with Gasteiger partial charge in [0, 0.05) is 11.6 Å². The van der Waals surface area contributed by atoms with Crippen molar-refractivity contribution in [3.63, 3.8) is 0 Å². The van der Waals surface area contributed by atoms with E-state index in [0.29, 0.717) is 0 Å². The lowest BCUT2D eigenvalue weighted by atomic mass is 10.1. The maximum Gasteiger partial charge on any atom is 0.146 e. The van der Waals surface area contributed by atoms with E-state index < -0.39 is 0 Å². The number of methoxy groups -OCH3 is 1. The van der Waals surface area contributed by atoms with Crippen LogP contribution in [0.2, 0.25) is 0 Å². The van der Waals surface area contributed by atoms with Gasteiger partial charge in [0.1, 0.15) is 23.7 Å². The van der Waals surface area contributed by atoms with Crippen molar-refractivity contribution in [2.45, 2.75) is 13.0 Å². The second kappa shape index (κ2) is 5.16. The molecule has 2 heterocycles. The van der Waals surface area contributed by atoms with Crippen LogP contribution in [0.1, 0.15) is 18.8 Å². The van der Waals surface area contributed by atoms with Crippen molar-refractivity contribution in [3.05, 3.63) is 42.6 Å². The van der Waals surface area contributed by atoms with E-state index >= 15 is 0 Å². The zero-order chi connectivity index (χ0) is 13.9. The molecule has 6 heteroatoms. The largest absolute Gasteiger partial charge is 0.497 e. The van der Waals surface area contributed by atoms with E-state index in [-0.39, 0.29) is 6.04 Å². The Morgan fingerprint density at radius 1 is 1.25 bits per heavy atom. The molecule has 0 aliphatic carbocycles. The molecule has 20 heavy (non-hydrogen) atoms. The zero-order valence-corrected chi connectivity index (χ0v) is 11.3. The van der Waals surface area contributed by atoms with Crippen molar-refractivity contribution in [3.8, 4) is 5.75 Å². The Kier molecular flexibility index (Phi) is 3.20. The van der Waals surface area contributed by atoms with Crippen molar-refractivity contribution < 1.29 is 4.74 Å². The molecule has 0 aliphatic heterocycles. The molecule has 6 nitrogen and oxygen atoms in total.